The zero-order valence-corrected chi connectivity index (χ0v) is 14.4. The summed E-state index contributed by atoms with van der Waals surface area (Å²) in [5, 5.41) is 0.648. The molecule has 0 spiro atoms. The maximum atomic E-state index is 13.0. The molecule has 1 aliphatic rings. The van der Waals surface area contributed by atoms with Crippen molar-refractivity contribution in [2.45, 2.75) is 6.54 Å². The molecule has 0 amide bonds. The lowest BCUT2D eigenvalue weighted by Crippen LogP contribution is -2.45. The molecule has 1 aliphatic heterocycles. The Morgan fingerprint density at radius 1 is 1.08 bits per heavy atom. The Morgan fingerprint density at radius 3 is 2.48 bits per heavy atom. The Labute approximate surface area is 151 Å². The fourth-order valence-electron chi connectivity index (χ4n) is 2.69. The minimum absolute atomic E-state index is 0.249. The molecule has 0 radical (unpaired) electrons. The number of benzene rings is 2. The van der Waals surface area contributed by atoms with Gasteiger partial charge in [-0.25, -0.2) is 9.18 Å². The third-order valence-electron chi connectivity index (χ3n) is 4.08. The molecular formula is C19H18ClFN2O2. The number of hydrogen-bond acceptors (Lipinski definition) is 4. The fraction of sp³-hybridized carbons (Fsp3) is 0.263. The molecule has 0 N–H and O–H groups in total. The Kier molecular flexibility index (Phi) is 5.71. The normalized spacial score (nSPS) is 15.1. The number of carbonyl (C=O) groups excluding carboxylic acids is 1. The molecule has 1 heterocycles. The van der Waals surface area contributed by atoms with E-state index in [9.17, 15) is 9.18 Å². The van der Waals surface area contributed by atoms with Gasteiger partial charge < -0.3 is 9.64 Å². The van der Waals surface area contributed by atoms with Crippen LogP contribution in [0, 0.1) is 5.82 Å². The summed E-state index contributed by atoms with van der Waals surface area (Å²) in [6, 6.07) is 13.5. The van der Waals surface area contributed by atoms with E-state index in [0.717, 1.165) is 12.1 Å². The van der Waals surface area contributed by atoms with E-state index in [4.69, 9.17) is 16.3 Å². The molecule has 0 saturated carbocycles. The van der Waals surface area contributed by atoms with Crippen molar-refractivity contribution >= 4 is 17.5 Å². The van der Waals surface area contributed by atoms with Gasteiger partial charge in [-0.1, -0.05) is 23.7 Å². The highest BCUT2D eigenvalue weighted by atomic mass is 35.5. The van der Waals surface area contributed by atoms with Crippen LogP contribution < -0.4 is 4.74 Å². The SMILES string of the molecule is O=C=C1CN(Cc2ccc(F)cc2)CCN1COc1ccc(Cl)cc1. The third-order valence-corrected chi connectivity index (χ3v) is 4.33. The molecule has 1 saturated heterocycles. The predicted octanol–water partition coefficient (Wildman–Crippen LogP) is 3.35. The lowest BCUT2D eigenvalue weighted by molar-refractivity contribution is 0.101. The van der Waals surface area contributed by atoms with Crippen LogP contribution in [-0.2, 0) is 11.3 Å². The van der Waals surface area contributed by atoms with E-state index in [1.54, 1.807) is 36.4 Å². The van der Waals surface area contributed by atoms with Gasteiger partial charge in [0.1, 0.15) is 23.2 Å². The van der Waals surface area contributed by atoms with Gasteiger partial charge in [0.25, 0.3) is 0 Å². The summed E-state index contributed by atoms with van der Waals surface area (Å²) in [4.78, 5) is 15.3. The van der Waals surface area contributed by atoms with Crippen LogP contribution in [0.1, 0.15) is 5.56 Å². The van der Waals surface area contributed by atoms with Crippen molar-refractivity contribution in [2.75, 3.05) is 26.4 Å². The maximum Gasteiger partial charge on any atom is 0.161 e. The van der Waals surface area contributed by atoms with E-state index in [0.29, 0.717) is 36.1 Å². The van der Waals surface area contributed by atoms with Crippen molar-refractivity contribution in [3.05, 3.63) is 70.6 Å². The molecule has 130 valence electrons. The zero-order chi connectivity index (χ0) is 17.6. The minimum atomic E-state index is -0.249. The topological polar surface area (TPSA) is 32.8 Å². The molecule has 2 aromatic rings. The quantitative estimate of drug-likeness (QED) is 0.766. The van der Waals surface area contributed by atoms with Crippen molar-refractivity contribution in [1.82, 2.24) is 9.80 Å². The van der Waals surface area contributed by atoms with E-state index in [1.807, 2.05) is 10.8 Å². The summed E-state index contributed by atoms with van der Waals surface area (Å²) in [5.41, 5.74) is 1.57. The van der Waals surface area contributed by atoms with Crippen LogP contribution >= 0.6 is 11.6 Å². The first kappa shape index (κ1) is 17.5. The Bertz CT molecular complexity index is 758. The molecule has 4 nitrogen and oxygen atoms in total. The molecule has 6 heteroatoms. The van der Waals surface area contributed by atoms with E-state index >= 15 is 0 Å². The molecule has 0 aromatic heterocycles. The second-order valence-electron chi connectivity index (χ2n) is 5.88. The lowest BCUT2D eigenvalue weighted by atomic mass is 10.2. The largest absolute Gasteiger partial charge is 0.473 e. The van der Waals surface area contributed by atoms with Crippen molar-refractivity contribution in [2.24, 2.45) is 0 Å². The Morgan fingerprint density at radius 2 is 1.80 bits per heavy atom. The lowest BCUT2D eigenvalue weighted by Gasteiger charge is -2.36. The molecule has 25 heavy (non-hydrogen) atoms. The van der Waals surface area contributed by atoms with Crippen LogP contribution in [0.15, 0.2) is 54.2 Å². The second-order valence-corrected chi connectivity index (χ2v) is 6.31. The number of piperazine rings is 1. The summed E-state index contributed by atoms with van der Waals surface area (Å²) in [6.45, 7) is 2.89. The van der Waals surface area contributed by atoms with Crippen LogP contribution in [0.25, 0.3) is 0 Å². The van der Waals surface area contributed by atoms with Crippen LogP contribution in [0.4, 0.5) is 4.39 Å². The van der Waals surface area contributed by atoms with Gasteiger partial charge in [0, 0.05) is 31.2 Å². The number of halogens is 2. The molecule has 1 fully saturated rings. The van der Waals surface area contributed by atoms with Crippen LogP contribution in [0.2, 0.25) is 5.02 Å². The summed E-state index contributed by atoms with van der Waals surface area (Å²) in [6.07, 6.45) is 0. The van der Waals surface area contributed by atoms with Gasteiger partial charge >= 0.3 is 0 Å². The molecule has 0 bridgehead atoms. The minimum Gasteiger partial charge on any atom is -0.473 e. The van der Waals surface area contributed by atoms with Gasteiger partial charge in [-0.05, 0) is 42.0 Å². The summed E-state index contributed by atoms with van der Waals surface area (Å²) in [7, 11) is 0. The molecule has 3 rings (SSSR count). The molecular weight excluding hydrogens is 343 g/mol. The van der Waals surface area contributed by atoms with Crippen molar-refractivity contribution in [3.63, 3.8) is 0 Å². The number of nitrogens with zero attached hydrogens (tertiary/aromatic N) is 2. The van der Waals surface area contributed by atoms with Gasteiger partial charge in [-0.3, -0.25) is 4.90 Å². The molecule has 0 aliphatic carbocycles. The van der Waals surface area contributed by atoms with E-state index in [1.165, 1.54) is 12.1 Å². The molecule has 2 aromatic carbocycles. The maximum absolute atomic E-state index is 13.0. The van der Waals surface area contributed by atoms with E-state index in [-0.39, 0.29) is 12.5 Å². The highest BCUT2D eigenvalue weighted by Gasteiger charge is 2.22. The van der Waals surface area contributed by atoms with Crippen LogP contribution in [0.3, 0.4) is 0 Å². The first-order valence-electron chi connectivity index (χ1n) is 7.98. The Balaban J connectivity index is 1.55. The van der Waals surface area contributed by atoms with Gasteiger partial charge in [0.05, 0.1) is 0 Å². The highest BCUT2D eigenvalue weighted by molar-refractivity contribution is 6.30. The third kappa shape index (κ3) is 4.83. The molecule has 0 atom stereocenters. The van der Waals surface area contributed by atoms with E-state index in [2.05, 4.69) is 4.90 Å². The first-order chi connectivity index (χ1) is 12.1. The van der Waals surface area contributed by atoms with Gasteiger partial charge in [-0.15, -0.1) is 0 Å². The summed E-state index contributed by atoms with van der Waals surface area (Å²) < 4.78 is 18.7. The van der Waals surface area contributed by atoms with Gasteiger partial charge in [0.2, 0.25) is 0 Å². The first-order valence-corrected chi connectivity index (χ1v) is 8.36. The zero-order valence-electron chi connectivity index (χ0n) is 13.6. The van der Waals surface area contributed by atoms with Crippen LogP contribution in [-0.4, -0.2) is 42.1 Å². The average molecular weight is 361 g/mol. The number of hydrogen-bond donors (Lipinski definition) is 0. The summed E-state index contributed by atoms with van der Waals surface area (Å²) >= 11 is 5.85. The molecule has 0 unspecified atom stereocenters. The van der Waals surface area contributed by atoms with E-state index < -0.39 is 0 Å². The standard InChI is InChI=1S/C19H18ClFN2O2/c20-16-3-7-19(8-4-16)25-14-23-10-9-22(12-18(23)13-24)11-15-1-5-17(21)6-2-15/h1-8H,9-12,14H2. The number of ether oxygens (including phenoxy) is 1. The highest BCUT2D eigenvalue weighted by Crippen LogP contribution is 2.18. The predicted molar refractivity (Wildman–Crippen MR) is 94.5 cm³/mol. The van der Waals surface area contributed by atoms with Gasteiger partial charge in [-0.2, -0.15) is 0 Å². The van der Waals surface area contributed by atoms with Crippen molar-refractivity contribution in [3.8, 4) is 5.75 Å². The number of rotatable bonds is 5. The Hall–Kier alpha value is -2.33. The second kappa shape index (κ2) is 8.17. The monoisotopic (exact) mass is 360 g/mol. The fourth-order valence-corrected chi connectivity index (χ4v) is 2.82. The van der Waals surface area contributed by atoms with Crippen LogP contribution in [0.5, 0.6) is 5.75 Å². The van der Waals surface area contributed by atoms with Crippen molar-refractivity contribution in [1.29, 1.82) is 0 Å². The smallest absolute Gasteiger partial charge is 0.161 e. The van der Waals surface area contributed by atoms with Crippen molar-refractivity contribution < 1.29 is 13.9 Å². The average Bonchev–Trinajstić information content (AvgIpc) is 2.64. The summed E-state index contributed by atoms with van der Waals surface area (Å²) in [5.74, 6) is 2.46. The van der Waals surface area contributed by atoms with Gasteiger partial charge in [0.15, 0.2) is 6.73 Å².